The molecule has 0 saturated heterocycles. The first-order valence-electron chi connectivity index (χ1n) is 5.43. The SMILES string of the molecule is O=C(COc1c(F)cc(F)cc1Br)c1ccccc1. The van der Waals surface area contributed by atoms with E-state index in [1.54, 1.807) is 30.3 Å². The third-order valence-corrected chi connectivity index (χ3v) is 3.00. The smallest absolute Gasteiger partial charge is 0.200 e. The summed E-state index contributed by atoms with van der Waals surface area (Å²) in [6.07, 6.45) is 0. The number of halogens is 3. The molecule has 2 rings (SSSR count). The van der Waals surface area contributed by atoms with E-state index in [4.69, 9.17) is 4.74 Å². The molecule has 98 valence electrons. The van der Waals surface area contributed by atoms with Gasteiger partial charge in [0.2, 0.25) is 0 Å². The van der Waals surface area contributed by atoms with Gasteiger partial charge in [-0.05, 0) is 22.0 Å². The van der Waals surface area contributed by atoms with E-state index in [0.29, 0.717) is 11.6 Å². The van der Waals surface area contributed by atoms with E-state index in [1.807, 2.05) is 0 Å². The number of carbonyl (C=O) groups excluding carboxylic acids is 1. The summed E-state index contributed by atoms with van der Waals surface area (Å²) in [4.78, 5) is 11.8. The zero-order valence-electron chi connectivity index (χ0n) is 9.70. The Kier molecular flexibility index (Phi) is 4.27. The second-order valence-electron chi connectivity index (χ2n) is 3.78. The zero-order chi connectivity index (χ0) is 13.8. The fourth-order valence-electron chi connectivity index (χ4n) is 1.51. The second kappa shape index (κ2) is 5.93. The Morgan fingerprint density at radius 3 is 2.47 bits per heavy atom. The maximum atomic E-state index is 13.5. The molecular formula is C14H9BrF2O2. The van der Waals surface area contributed by atoms with Gasteiger partial charge in [-0.25, -0.2) is 8.78 Å². The van der Waals surface area contributed by atoms with Gasteiger partial charge < -0.3 is 4.74 Å². The Hall–Kier alpha value is -1.75. The fourth-order valence-corrected chi connectivity index (χ4v) is 2.03. The molecular weight excluding hydrogens is 318 g/mol. The molecule has 19 heavy (non-hydrogen) atoms. The number of Topliss-reactive ketones (excluding diaryl/α,β-unsaturated/α-hetero) is 1. The number of hydrogen-bond donors (Lipinski definition) is 0. The Morgan fingerprint density at radius 1 is 1.16 bits per heavy atom. The highest BCUT2D eigenvalue weighted by atomic mass is 79.9. The summed E-state index contributed by atoms with van der Waals surface area (Å²) in [5.41, 5.74) is 0.473. The number of ether oxygens (including phenoxy) is 1. The molecule has 2 aromatic carbocycles. The monoisotopic (exact) mass is 326 g/mol. The van der Waals surface area contributed by atoms with Crippen LogP contribution in [0.4, 0.5) is 8.78 Å². The summed E-state index contributed by atoms with van der Waals surface area (Å²) in [5.74, 6) is -2.03. The quantitative estimate of drug-likeness (QED) is 0.794. The lowest BCUT2D eigenvalue weighted by Crippen LogP contribution is -2.12. The molecule has 0 aliphatic carbocycles. The van der Waals surface area contributed by atoms with Crippen LogP contribution >= 0.6 is 15.9 Å². The van der Waals surface area contributed by atoms with Crippen molar-refractivity contribution in [1.82, 2.24) is 0 Å². The molecule has 0 atom stereocenters. The van der Waals surface area contributed by atoms with Gasteiger partial charge in [-0.15, -0.1) is 0 Å². The van der Waals surface area contributed by atoms with E-state index in [0.717, 1.165) is 6.07 Å². The van der Waals surface area contributed by atoms with Crippen molar-refractivity contribution in [2.45, 2.75) is 0 Å². The average Bonchev–Trinajstić information content (AvgIpc) is 2.38. The second-order valence-corrected chi connectivity index (χ2v) is 4.63. The highest BCUT2D eigenvalue weighted by Gasteiger charge is 2.13. The van der Waals surface area contributed by atoms with Gasteiger partial charge in [-0.3, -0.25) is 4.79 Å². The molecule has 0 heterocycles. The Balaban J connectivity index is 2.10. The van der Waals surface area contributed by atoms with Crippen molar-refractivity contribution in [3.63, 3.8) is 0 Å². The van der Waals surface area contributed by atoms with Crippen molar-refractivity contribution in [2.75, 3.05) is 6.61 Å². The first-order chi connectivity index (χ1) is 9.08. The number of carbonyl (C=O) groups is 1. The molecule has 0 unspecified atom stereocenters. The minimum Gasteiger partial charge on any atom is -0.481 e. The largest absolute Gasteiger partial charge is 0.481 e. The molecule has 2 nitrogen and oxygen atoms in total. The van der Waals surface area contributed by atoms with Crippen molar-refractivity contribution < 1.29 is 18.3 Å². The maximum Gasteiger partial charge on any atom is 0.200 e. The summed E-state index contributed by atoms with van der Waals surface area (Å²) >= 11 is 2.99. The molecule has 0 spiro atoms. The van der Waals surface area contributed by atoms with Gasteiger partial charge in [-0.1, -0.05) is 30.3 Å². The van der Waals surface area contributed by atoms with Gasteiger partial charge in [0.05, 0.1) is 4.47 Å². The van der Waals surface area contributed by atoms with Crippen LogP contribution in [-0.4, -0.2) is 12.4 Å². The van der Waals surface area contributed by atoms with Crippen LogP contribution in [0.5, 0.6) is 5.75 Å². The van der Waals surface area contributed by atoms with E-state index in [1.165, 1.54) is 0 Å². The molecule has 5 heteroatoms. The van der Waals surface area contributed by atoms with E-state index in [9.17, 15) is 13.6 Å². The van der Waals surface area contributed by atoms with E-state index >= 15 is 0 Å². The van der Waals surface area contributed by atoms with Gasteiger partial charge in [0.15, 0.2) is 24.0 Å². The van der Waals surface area contributed by atoms with Crippen molar-refractivity contribution in [3.05, 3.63) is 64.1 Å². The first-order valence-corrected chi connectivity index (χ1v) is 6.23. The van der Waals surface area contributed by atoms with Crippen LogP contribution in [0.2, 0.25) is 0 Å². The molecule has 0 aliphatic heterocycles. The van der Waals surface area contributed by atoms with Crippen LogP contribution in [0.15, 0.2) is 46.9 Å². The minimum atomic E-state index is -0.854. The molecule has 2 aromatic rings. The predicted molar refractivity (Wildman–Crippen MR) is 70.3 cm³/mol. The Morgan fingerprint density at radius 2 is 1.84 bits per heavy atom. The van der Waals surface area contributed by atoms with Gasteiger partial charge in [0.25, 0.3) is 0 Å². The number of benzene rings is 2. The summed E-state index contributed by atoms with van der Waals surface area (Å²) in [5, 5.41) is 0. The summed E-state index contributed by atoms with van der Waals surface area (Å²) in [6.45, 7) is -0.314. The molecule has 0 fully saturated rings. The van der Waals surface area contributed by atoms with Gasteiger partial charge in [0.1, 0.15) is 5.82 Å². The van der Waals surface area contributed by atoms with Crippen molar-refractivity contribution in [2.24, 2.45) is 0 Å². The van der Waals surface area contributed by atoms with Gasteiger partial charge in [0, 0.05) is 11.6 Å². The lowest BCUT2D eigenvalue weighted by molar-refractivity contribution is 0.0918. The molecule has 0 aromatic heterocycles. The van der Waals surface area contributed by atoms with Gasteiger partial charge in [-0.2, -0.15) is 0 Å². The average molecular weight is 327 g/mol. The van der Waals surface area contributed by atoms with Crippen LogP contribution < -0.4 is 4.74 Å². The lowest BCUT2D eigenvalue weighted by atomic mass is 10.1. The van der Waals surface area contributed by atoms with Crippen LogP contribution in [0.3, 0.4) is 0 Å². The Labute approximate surface area is 117 Å². The van der Waals surface area contributed by atoms with Crippen LogP contribution in [0.25, 0.3) is 0 Å². The van der Waals surface area contributed by atoms with Crippen molar-refractivity contribution in [1.29, 1.82) is 0 Å². The minimum absolute atomic E-state index is 0.130. The molecule has 0 aliphatic rings. The maximum absolute atomic E-state index is 13.5. The first kappa shape index (κ1) is 13.7. The van der Waals surface area contributed by atoms with E-state index in [-0.39, 0.29) is 22.6 Å². The standard InChI is InChI=1S/C14H9BrF2O2/c15-11-6-10(16)7-12(17)14(11)19-8-13(18)9-4-2-1-3-5-9/h1-7H,8H2. The van der Waals surface area contributed by atoms with E-state index in [2.05, 4.69) is 15.9 Å². The lowest BCUT2D eigenvalue weighted by Gasteiger charge is -2.08. The van der Waals surface area contributed by atoms with Crippen molar-refractivity contribution in [3.8, 4) is 5.75 Å². The number of rotatable bonds is 4. The third-order valence-electron chi connectivity index (χ3n) is 2.41. The predicted octanol–water partition coefficient (Wildman–Crippen LogP) is 3.99. The topological polar surface area (TPSA) is 26.3 Å². The van der Waals surface area contributed by atoms with E-state index < -0.39 is 11.6 Å². The summed E-state index contributed by atoms with van der Waals surface area (Å²) in [6, 6.07) is 10.3. The van der Waals surface area contributed by atoms with Crippen LogP contribution in [-0.2, 0) is 0 Å². The molecule has 0 radical (unpaired) electrons. The molecule has 0 saturated carbocycles. The molecule has 0 N–H and O–H groups in total. The number of hydrogen-bond acceptors (Lipinski definition) is 2. The fraction of sp³-hybridized carbons (Fsp3) is 0.0714. The van der Waals surface area contributed by atoms with Crippen molar-refractivity contribution >= 4 is 21.7 Å². The zero-order valence-corrected chi connectivity index (χ0v) is 11.3. The van der Waals surface area contributed by atoms with Crippen LogP contribution in [0, 0.1) is 11.6 Å². The highest BCUT2D eigenvalue weighted by Crippen LogP contribution is 2.29. The summed E-state index contributed by atoms with van der Waals surface area (Å²) < 4.78 is 31.6. The van der Waals surface area contributed by atoms with Crippen LogP contribution in [0.1, 0.15) is 10.4 Å². The summed E-state index contributed by atoms with van der Waals surface area (Å²) in [7, 11) is 0. The Bertz CT molecular complexity index is 577. The van der Waals surface area contributed by atoms with Gasteiger partial charge >= 0.3 is 0 Å². The highest BCUT2D eigenvalue weighted by molar-refractivity contribution is 9.10. The third kappa shape index (κ3) is 3.38. The normalized spacial score (nSPS) is 10.3. The number of ketones is 1. The molecule has 0 amide bonds. The molecule has 0 bridgehead atoms.